The number of hydrogen-bond donors (Lipinski definition) is 2. The Morgan fingerprint density at radius 1 is 1.20 bits per heavy atom. The highest BCUT2D eigenvalue weighted by molar-refractivity contribution is 5.27. The molecular formula is C13H20O2. The van der Waals surface area contributed by atoms with Gasteiger partial charge in [0.05, 0.1) is 6.61 Å². The van der Waals surface area contributed by atoms with Crippen LogP contribution in [0.5, 0.6) is 0 Å². The van der Waals surface area contributed by atoms with E-state index in [1.807, 2.05) is 24.3 Å². The van der Waals surface area contributed by atoms with Crippen molar-refractivity contribution in [2.45, 2.75) is 32.8 Å². The lowest BCUT2D eigenvalue weighted by Crippen LogP contribution is -2.25. The fraction of sp³-hybridized carbons (Fsp3) is 0.538. The molecule has 15 heavy (non-hydrogen) atoms. The van der Waals surface area contributed by atoms with Crippen molar-refractivity contribution in [1.29, 1.82) is 0 Å². The first-order valence-corrected chi connectivity index (χ1v) is 5.38. The number of aliphatic hydroxyl groups excluding tert-OH is 1. The molecule has 0 fully saturated rings. The van der Waals surface area contributed by atoms with Gasteiger partial charge in [0.25, 0.3) is 0 Å². The molecule has 0 aliphatic rings. The van der Waals surface area contributed by atoms with Crippen LogP contribution in [0.4, 0.5) is 0 Å². The number of rotatable bonds is 4. The van der Waals surface area contributed by atoms with Crippen LogP contribution in [-0.2, 0) is 12.0 Å². The lowest BCUT2D eigenvalue weighted by molar-refractivity contribution is -0.00229. The third-order valence-corrected chi connectivity index (χ3v) is 2.53. The van der Waals surface area contributed by atoms with Gasteiger partial charge in [-0.05, 0) is 30.4 Å². The monoisotopic (exact) mass is 208 g/mol. The van der Waals surface area contributed by atoms with Crippen LogP contribution in [0, 0.1) is 5.92 Å². The maximum Gasteiger partial charge on any atom is 0.110 e. The Balaban J connectivity index is 2.81. The van der Waals surface area contributed by atoms with Gasteiger partial charge in [-0.25, -0.2) is 0 Å². The van der Waals surface area contributed by atoms with Crippen molar-refractivity contribution in [2.75, 3.05) is 6.61 Å². The number of benzene rings is 1. The normalized spacial score (nSPS) is 15.3. The van der Waals surface area contributed by atoms with Crippen LogP contribution in [0.3, 0.4) is 0 Å². The summed E-state index contributed by atoms with van der Waals surface area (Å²) >= 11 is 0. The van der Waals surface area contributed by atoms with E-state index in [1.165, 1.54) is 5.56 Å². The summed E-state index contributed by atoms with van der Waals surface area (Å²) in [6.45, 7) is 5.72. The molecule has 2 N–H and O–H groups in total. The van der Waals surface area contributed by atoms with Crippen LogP contribution in [0.25, 0.3) is 0 Å². The van der Waals surface area contributed by atoms with Crippen LogP contribution >= 0.6 is 0 Å². The van der Waals surface area contributed by atoms with Gasteiger partial charge in [-0.2, -0.15) is 0 Å². The predicted molar refractivity (Wildman–Crippen MR) is 61.6 cm³/mol. The Bertz CT molecular complexity index is 299. The molecule has 0 heterocycles. The van der Waals surface area contributed by atoms with Crippen LogP contribution in [0.15, 0.2) is 24.3 Å². The molecule has 0 spiro atoms. The smallest absolute Gasteiger partial charge is 0.110 e. The standard InChI is InChI=1S/C13H20O2/c1-10(2)8-11-4-6-12(7-5-11)13(3,15)9-14/h4-7,10,14-15H,8-9H2,1-3H3/t13-/m0/s1. The van der Waals surface area contributed by atoms with E-state index in [0.29, 0.717) is 5.92 Å². The average molecular weight is 208 g/mol. The van der Waals surface area contributed by atoms with Crippen LogP contribution in [0.1, 0.15) is 31.9 Å². The minimum atomic E-state index is -1.13. The van der Waals surface area contributed by atoms with E-state index >= 15 is 0 Å². The highest BCUT2D eigenvalue weighted by Crippen LogP contribution is 2.20. The van der Waals surface area contributed by atoms with E-state index in [4.69, 9.17) is 5.11 Å². The zero-order valence-electron chi connectivity index (χ0n) is 9.70. The molecule has 1 aromatic carbocycles. The van der Waals surface area contributed by atoms with Gasteiger partial charge in [-0.15, -0.1) is 0 Å². The molecule has 1 rings (SSSR count). The number of hydrogen-bond acceptors (Lipinski definition) is 2. The maximum absolute atomic E-state index is 9.82. The SMILES string of the molecule is CC(C)Cc1ccc([C@@](C)(O)CO)cc1. The minimum Gasteiger partial charge on any atom is -0.393 e. The Kier molecular flexibility index (Phi) is 3.89. The van der Waals surface area contributed by atoms with Crippen LogP contribution in [-0.4, -0.2) is 16.8 Å². The zero-order valence-corrected chi connectivity index (χ0v) is 9.70. The molecule has 0 aliphatic carbocycles. The van der Waals surface area contributed by atoms with E-state index in [1.54, 1.807) is 6.92 Å². The largest absolute Gasteiger partial charge is 0.393 e. The molecule has 0 unspecified atom stereocenters. The molecule has 2 nitrogen and oxygen atoms in total. The zero-order chi connectivity index (χ0) is 11.5. The summed E-state index contributed by atoms with van der Waals surface area (Å²) < 4.78 is 0. The Morgan fingerprint density at radius 3 is 2.13 bits per heavy atom. The van der Waals surface area contributed by atoms with Gasteiger partial charge < -0.3 is 10.2 Å². The quantitative estimate of drug-likeness (QED) is 0.795. The first kappa shape index (κ1) is 12.2. The highest BCUT2D eigenvalue weighted by Gasteiger charge is 2.21. The molecule has 1 atom stereocenters. The summed E-state index contributed by atoms with van der Waals surface area (Å²) in [5.74, 6) is 0.634. The molecule has 0 radical (unpaired) electrons. The molecule has 0 saturated heterocycles. The van der Waals surface area contributed by atoms with Gasteiger partial charge in [0, 0.05) is 0 Å². The molecule has 0 bridgehead atoms. The lowest BCUT2D eigenvalue weighted by atomic mass is 9.94. The fourth-order valence-corrected chi connectivity index (χ4v) is 1.56. The average Bonchev–Trinajstić information content (AvgIpc) is 2.18. The molecule has 1 aromatic rings. The number of aliphatic hydroxyl groups is 2. The molecule has 0 aromatic heterocycles. The van der Waals surface area contributed by atoms with Crippen molar-refractivity contribution in [2.24, 2.45) is 5.92 Å². The minimum absolute atomic E-state index is 0.253. The summed E-state index contributed by atoms with van der Waals surface area (Å²) in [5, 5.41) is 18.8. The molecule has 84 valence electrons. The van der Waals surface area contributed by atoms with Gasteiger partial charge in [0.2, 0.25) is 0 Å². The summed E-state index contributed by atoms with van der Waals surface area (Å²) in [6.07, 6.45) is 1.04. The first-order valence-electron chi connectivity index (χ1n) is 5.38. The molecule has 2 heteroatoms. The molecule has 0 saturated carbocycles. The van der Waals surface area contributed by atoms with E-state index in [9.17, 15) is 5.11 Å². The summed E-state index contributed by atoms with van der Waals surface area (Å²) in [4.78, 5) is 0. The molecule has 0 amide bonds. The second kappa shape index (κ2) is 4.77. The lowest BCUT2D eigenvalue weighted by Gasteiger charge is -2.21. The van der Waals surface area contributed by atoms with Crippen LogP contribution < -0.4 is 0 Å². The van der Waals surface area contributed by atoms with Gasteiger partial charge in [0.15, 0.2) is 0 Å². The second-order valence-corrected chi connectivity index (χ2v) is 4.73. The van der Waals surface area contributed by atoms with E-state index in [-0.39, 0.29) is 6.61 Å². The van der Waals surface area contributed by atoms with E-state index in [2.05, 4.69) is 13.8 Å². The Labute approximate surface area is 91.6 Å². The highest BCUT2D eigenvalue weighted by atomic mass is 16.3. The van der Waals surface area contributed by atoms with Crippen molar-refractivity contribution in [3.8, 4) is 0 Å². The molecular weight excluding hydrogens is 188 g/mol. The maximum atomic E-state index is 9.82. The van der Waals surface area contributed by atoms with Crippen molar-refractivity contribution < 1.29 is 10.2 Å². The van der Waals surface area contributed by atoms with E-state index in [0.717, 1.165) is 12.0 Å². The topological polar surface area (TPSA) is 40.5 Å². The summed E-state index contributed by atoms with van der Waals surface area (Å²) in [6, 6.07) is 7.79. The van der Waals surface area contributed by atoms with E-state index < -0.39 is 5.60 Å². The van der Waals surface area contributed by atoms with Crippen molar-refractivity contribution in [3.05, 3.63) is 35.4 Å². The third-order valence-electron chi connectivity index (χ3n) is 2.53. The van der Waals surface area contributed by atoms with Crippen LogP contribution in [0.2, 0.25) is 0 Å². The second-order valence-electron chi connectivity index (χ2n) is 4.73. The third kappa shape index (κ3) is 3.33. The van der Waals surface area contributed by atoms with Gasteiger partial charge >= 0.3 is 0 Å². The van der Waals surface area contributed by atoms with Crippen molar-refractivity contribution in [3.63, 3.8) is 0 Å². The predicted octanol–water partition coefficient (Wildman–Crippen LogP) is 2.08. The van der Waals surface area contributed by atoms with Crippen molar-refractivity contribution >= 4 is 0 Å². The summed E-state index contributed by atoms with van der Waals surface area (Å²) in [5.41, 5.74) is 0.899. The van der Waals surface area contributed by atoms with Crippen molar-refractivity contribution in [1.82, 2.24) is 0 Å². The fourth-order valence-electron chi connectivity index (χ4n) is 1.56. The first-order chi connectivity index (χ1) is 6.95. The molecule has 0 aliphatic heterocycles. The Hall–Kier alpha value is -0.860. The summed E-state index contributed by atoms with van der Waals surface area (Å²) in [7, 11) is 0. The Morgan fingerprint density at radius 2 is 1.73 bits per heavy atom. The van der Waals surface area contributed by atoms with Gasteiger partial charge in [0.1, 0.15) is 5.60 Å². The van der Waals surface area contributed by atoms with Gasteiger partial charge in [-0.1, -0.05) is 38.1 Å². The van der Waals surface area contributed by atoms with Gasteiger partial charge in [-0.3, -0.25) is 0 Å².